The molecule has 1 N–H and O–H groups in total. The van der Waals surface area contributed by atoms with E-state index in [0.717, 1.165) is 43.2 Å². The third-order valence-electron chi connectivity index (χ3n) is 3.30. The Balaban J connectivity index is 1.85. The fraction of sp³-hybridized carbons (Fsp3) is 0.368. The lowest BCUT2D eigenvalue weighted by molar-refractivity contribution is 0.234. The molecule has 0 fully saturated rings. The van der Waals surface area contributed by atoms with Gasteiger partial charge in [0.25, 0.3) is 0 Å². The van der Waals surface area contributed by atoms with Gasteiger partial charge in [-0.25, -0.2) is 0 Å². The smallest absolute Gasteiger partial charge is 0.142 e. The first-order chi connectivity index (χ1) is 10.8. The minimum Gasteiger partial charge on any atom is -0.491 e. The highest BCUT2D eigenvalue weighted by Gasteiger charge is 2.07. The normalized spacial score (nSPS) is 11.7. The highest BCUT2D eigenvalue weighted by molar-refractivity contribution is 5.56. The van der Waals surface area contributed by atoms with Crippen LogP contribution in [0.1, 0.15) is 26.7 Å². The molecule has 118 valence electrons. The van der Waals surface area contributed by atoms with Gasteiger partial charge in [-0.2, -0.15) is 0 Å². The summed E-state index contributed by atoms with van der Waals surface area (Å²) in [6.07, 6.45) is 2.28. The van der Waals surface area contributed by atoms with Crippen molar-refractivity contribution >= 4 is 5.69 Å². The van der Waals surface area contributed by atoms with Crippen molar-refractivity contribution in [3.63, 3.8) is 0 Å². The van der Waals surface area contributed by atoms with Gasteiger partial charge in [-0.05, 0) is 37.6 Å². The van der Waals surface area contributed by atoms with Crippen LogP contribution in [-0.2, 0) is 0 Å². The van der Waals surface area contributed by atoms with Gasteiger partial charge in [-0.15, -0.1) is 0 Å². The second kappa shape index (κ2) is 8.98. The number of hydrogen-bond donors (Lipinski definition) is 1. The number of benzene rings is 2. The number of nitrogens with one attached hydrogen (secondary N) is 1. The molecule has 0 aliphatic rings. The Kier molecular flexibility index (Phi) is 6.62. The summed E-state index contributed by atoms with van der Waals surface area (Å²) >= 11 is 0. The van der Waals surface area contributed by atoms with E-state index in [1.807, 2.05) is 54.6 Å². The van der Waals surface area contributed by atoms with E-state index >= 15 is 0 Å². The summed E-state index contributed by atoms with van der Waals surface area (Å²) < 4.78 is 11.7. The molecule has 2 aromatic carbocycles. The Hall–Kier alpha value is -2.16. The van der Waals surface area contributed by atoms with E-state index in [9.17, 15) is 0 Å². The van der Waals surface area contributed by atoms with Crippen molar-refractivity contribution in [2.45, 2.75) is 32.8 Å². The minimum absolute atomic E-state index is 0.0751. The highest BCUT2D eigenvalue weighted by Crippen LogP contribution is 2.24. The monoisotopic (exact) mass is 299 g/mol. The van der Waals surface area contributed by atoms with Crippen molar-refractivity contribution < 1.29 is 9.47 Å². The van der Waals surface area contributed by atoms with Gasteiger partial charge in [0.15, 0.2) is 0 Å². The van der Waals surface area contributed by atoms with Crippen LogP contribution in [0.15, 0.2) is 54.6 Å². The summed E-state index contributed by atoms with van der Waals surface area (Å²) in [6, 6.07) is 17.9. The highest BCUT2D eigenvalue weighted by atomic mass is 16.5. The van der Waals surface area contributed by atoms with Gasteiger partial charge in [0, 0.05) is 0 Å². The number of unbranched alkanes of at least 4 members (excludes halogenated alkanes) is 1. The van der Waals surface area contributed by atoms with E-state index in [-0.39, 0.29) is 6.10 Å². The molecule has 0 bridgehead atoms. The molecule has 0 aliphatic carbocycles. The van der Waals surface area contributed by atoms with Gasteiger partial charge in [-0.1, -0.05) is 43.7 Å². The molecule has 0 heterocycles. The lowest BCUT2D eigenvalue weighted by Gasteiger charge is -2.18. The van der Waals surface area contributed by atoms with Crippen molar-refractivity contribution in [2.24, 2.45) is 0 Å². The molecule has 3 heteroatoms. The van der Waals surface area contributed by atoms with Crippen molar-refractivity contribution in [3.05, 3.63) is 54.6 Å². The Morgan fingerprint density at radius 1 is 1.00 bits per heavy atom. The Morgan fingerprint density at radius 2 is 1.73 bits per heavy atom. The lowest BCUT2D eigenvalue weighted by atomic mass is 10.2. The first kappa shape index (κ1) is 16.2. The molecule has 1 atom stereocenters. The summed E-state index contributed by atoms with van der Waals surface area (Å²) in [5.41, 5.74) is 1.02. The van der Waals surface area contributed by atoms with E-state index in [1.54, 1.807) is 0 Å². The zero-order chi connectivity index (χ0) is 15.6. The molecule has 0 aromatic heterocycles. The Labute approximate surface area is 133 Å². The fourth-order valence-electron chi connectivity index (χ4n) is 2.09. The maximum absolute atomic E-state index is 5.87. The summed E-state index contributed by atoms with van der Waals surface area (Å²) in [4.78, 5) is 0. The lowest BCUT2D eigenvalue weighted by Crippen LogP contribution is -2.22. The molecule has 0 radical (unpaired) electrons. The standard InChI is InChI=1S/C19H25NO2/c1-3-4-14-21-19-13-9-8-12-18(19)20-15-16(2)22-17-10-6-5-7-11-17/h5-13,16,20H,3-4,14-15H2,1-2H3. The van der Waals surface area contributed by atoms with Crippen LogP contribution in [0.25, 0.3) is 0 Å². The van der Waals surface area contributed by atoms with E-state index < -0.39 is 0 Å². The first-order valence-corrected chi connectivity index (χ1v) is 7.97. The number of hydrogen-bond acceptors (Lipinski definition) is 3. The number of rotatable bonds is 9. The zero-order valence-electron chi connectivity index (χ0n) is 13.4. The fourth-order valence-corrected chi connectivity index (χ4v) is 2.09. The maximum Gasteiger partial charge on any atom is 0.142 e. The van der Waals surface area contributed by atoms with Crippen molar-refractivity contribution in [1.29, 1.82) is 0 Å². The van der Waals surface area contributed by atoms with E-state index in [4.69, 9.17) is 9.47 Å². The van der Waals surface area contributed by atoms with Crippen LogP contribution in [0.5, 0.6) is 11.5 Å². The topological polar surface area (TPSA) is 30.5 Å². The molecule has 3 nitrogen and oxygen atoms in total. The molecular weight excluding hydrogens is 274 g/mol. The van der Waals surface area contributed by atoms with Crippen LogP contribution in [0.4, 0.5) is 5.69 Å². The number of anilines is 1. The van der Waals surface area contributed by atoms with Gasteiger partial charge in [0.2, 0.25) is 0 Å². The summed E-state index contributed by atoms with van der Waals surface area (Å²) in [7, 11) is 0. The van der Waals surface area contributed by atoms with Gasteiger partial charge in [-0.3, -0.25) is 0 Å². The summed E-state index contributed by atoms with van der Waals surface area (Å²) in [5, 5.41) is 3.41. The molecule has 0 aliphatic heterocycles. The first-order valence-electron chi connectivity index (χ1n) is 7.97. The molecule has 22 heavy (non-hydrogen) atoms. The predicted octanol–water partition coefficient (Wildman–Crippen LogP) is 4.74. The van der Waals surface area contributed by atoms with Crippen LogP contribution >= 0.6 is 0 Å². The molecule has 1 unspecified atom stereocenters. The SMILES string of the molecule is CCCCOc1ccccc1NCC(C)Oc1ccccc1. The second-order valence-electron chi connectivity index (χ2n) is 5.32. The number of para-hydroxylation sites is 3. The van der Waals surface area contributed by atoms with Gasteiger partial charge >= 0.3 is 0 Å². The van der Waals surface area contributed by atoms with E-state index in [1.165, 1.54) is 0 Å². The van der Waals surface area contributed by atoms with E-state index in [0.29, 0.717) is 0 Å². The zero-order valence-corrected chi connectivity index (χ0v) is 13.4. The largest absolute Gasteiger partial charge is 0.491 e. The quantitative estimate of drug-likeness (QED) is 0.678. The van der Waals surface area contributed by atoms with Gasteiger partial charge in [0.1, 0.15) is 17.6 Å². The van der Waals surface area contributed by atoms with Crippen LogP contribution < -0.4 is 14.8 Å². The molecule has 0 saturated heterocycles. The van der Waals surface area contributed by atoms with E-state index in [2.05, 4.69) is 19.2 Å². The molecule has 0 spiro atoms. The van der Waals surface area contributed by atoms with Crippen LogP contribution in [-0.4, -0.2) is 19.3 Å². The summed E-state index contributed by atoms with van der Waals surface area (Å²) in [6.45, 7) is 5.70. The molecular formula is C19H25NO2. The Morgan fingerprint density at radius 3 is 2.50 bits per heavy atom. The average molecular weight is 299 g/mol. The van der Waals surface area contributed by atoms with Crippen LogP contribution in [0.3, 0.4) is 0 Å². The maximum atomic E-state index is 5.87. The van der Waals surface area contributed by atoms with Crippen LogP contribution in [0, 0.1) is 0 Å². The van der Waals surface area contributed by atoms with Crippen molar-refractivity contribution in [2.75, 3.05) is 18.5 Å². The number of ether oxygens (including phenoxy) is 2. The third kappa shape index (κ3) is 5.32. The predicted molar refractivity (Wildman–Crippen MR) is 91.9 cm³/mol. The Bertz CT molecular complexity index is 542. The van der Waals surface area contributed by atoms with Gasteiger partial charge in [0.05, 0.1) is 18.8 Å². The summed E-state index contributed by atoms with van der Waals surface area (Å²) in [5.74, 6) is 1.80. The molecule has 0 saturated carbocycles. The van der Waals surface area contributed by atoms with Gasteiger partial charge < -0.3 is 14.8 Å². The van der Waals surface area contributed by atoms with Crippen LogP contribution in [0.2, 0.25) is 0 Å². The second-order valence-corrected chi connectivity index (χ2v) is 5.32. The molecule has 2 rings (SSSR count). The minimum atomic E-state index is 0.0751. The van der Waals surface area contributed by atoms with Crippen molar-refractivity contribution in [1.82, 2.24) is 0 Å². The average Bonchev–Trinajstić information content (AvgIpc) is 2.55. The third-order valence-corrected chi connectivity index (χ3v) is 3.30. The molecule has 2 aromatic rings. The molecule has 0 amide bonds. The van der Waals surface area contributed by atoms with Crippen molar-refractivity contribution in [3.8, 4) is 11.5 Å².